The van der Waals surface area contributed by atoms with Gasteiger partial charge in [0.05, 0.1) is 0 Å². The predicted molar refractivity (Wildman–Crippen MR) is 45.8 cm³/mol. The first kappa shape index (κ1) is 8.10. The van der Waals surface area contributed by atoms with Crippen molar-refractivity contribution in [2.45, 2.75) is 52.4 Å². The van der Waals surface area contributed by atoms with Crippen molar-refractivity contribution in [3.05, 3.63) is 5.92 Å². The Hall–Kier alpha value is 0. The van der Waals surface area contributed by atoms with E-state index in [1.165, 1.54) is 38.5 Å². The normalized spacial score (nSPS) is 28.8. The van der Waals surface area contributed by atoms with Crippen molar-refractivity contribution < 1.29 is 0 Å². The number of rotatable bonds is 2. The molecule has 1 unspecified atom stereocenters. The lowest BCUT2D eigenvalue weighted by atomic mass is 9.80. The molecule has 1 atom stereocenters. The van der Waals surface area contributed by atoms with Gasteiger partial charge < -0.3 is 0 Å². The second-order valence-corrected chi connectivity index (χ2v) is 3.70. The molecule has 1 aliphatic rings. The molecular weight excluding hydrogens is 120 g/mol. The van der Waals surface area contributed by atoms with E-state index in [4.69, 9.17) is 0 Å². The highest BCUT2D eigenvalue weighted by Gasteiger charge is 2.17. The lowest BCUT2D eigenvalue weighted by Gasteiger charge is -2.25. The van der Waals surface area contributed by atoms with Gasteiger partial charge in [-0.05, 0) is 31.1 Å². The van der Waals surface area contributed by atoms with Gasteiger partial charge in [0.2, 0.25) is 0 Å². The van der Waals surface area contributed by atoms with Crippen LogP contribution >= 0.6 is 0 Å². The molecule has 0 bridgehead atoms. The van der Waals surface area contributed by atoms with E-state index in [-0.39, 0.29) is 0 Å². The number of hydrogen-bond acceptors (Lipinski definition) is 0. The average molecular weight is 139 g/mol. The Labute approximate surface area is 65.0 Å². The summed E-state index contributed by atoms with van der Waals surface area (Å²) in [5.41, 5.74) is 0. The monoisotopic (exact) mass is 139 g/mol. The molecule has 1 radical (unpaired) electrons. The summed E-state index contributed by atoms with van der Waals surface area (Å²) in [6, 6.07) is 0. The van der Waals surface area contributed by atoms with E-state index >= 15 is 0 Å². The Morgan fingerprint density at radius 1 is 1.50 bits per heavy atom. The van der Waals surface area contributed by atoms with Crippen molar-refractivity contribution in [1.29, 1.82) is 0 Å². The van der Waals surface area contributed by atoms with Gasteiger partial charge in [0.1, 0.15) is 0 Å². The Balaban J connectivity index is 2.18. The molecule has 0 nitrogen and oxygen atoms in total. The Morgan fingerprint density at radius 2 is 2.30 bits per heavy atom. The average Bonchev–Trinajstić information content (AvgIpc) is 1.88. The van der Waals surface area contributed by atoms with Gasteiger partial charge in [-0.3, -0.25) is 0 Å². The summed E-state index contributed by atoms with van der Waals surface area (Å²) in [5, 5.41) is 0. The molecule has 10 heavy (non-hydrogen) atoms. The summed E-state index contributed by atoms with van der Waals surface area (Å²) in [4.78, 5) is 0. The van der Waals surface area contributed by atoms with Crippen LogP contribution in [0.2, 0.25) is 0 Å². The Kier molecular flexibility index (Phi) is 3.24. The van der Waals surface area contributed by atoms with E-state index < -0.39 is 0 Å². The first-order valence-electron chi connectivity index (χ1n) is 4.66. The fourth-order valence-corrected chi connectivity index (χ4v) is 1.98. The van der Waals surface area contributed by atoms with E-state index in [1.807, 2.05) is 5.92 Å². The van der Waals surface area contributed by atoms with Crippen molar-refractivity contribution >= 4 is 0 Å². The van der Waals surface area contributed by atoms with Crippen LogP contribution < -0.4 is 0 Å². The molecule has 0 heterocycles. The standard InChI is InChI=1S/C10H19/c1-3-5-10-7-4-6-9(2)8-10/h9H,3-8H2,1-2H3. The predicted octanol–water partition coefficient (Wildman–Crippen LogP) is 3.57. The summed E-state index contributed by atoms with van der Waals surface area (Å²) >= 11 is 0. The Morgan fingerprint density at radius 3 is 2.90 bits per heavy atom. The molecule has 0 heteroatoms. The second-order valence-electron chi connectivity index (χ2n) is 3.70. The van der Waals surface area contributed by atoms with Gasteiger partial charge in [-0.15, -0.1) is 0 Å². The number of hydrogen-bond donors (Lipinski definition) is 0. The molecule has 1 rings (SSSR count). The summed E-state index contributed by atoms with van der Waals surface area (Å²) in [5.74, 6) is 2.82. The van der Waals surface area contributed by atoms with Crippen molar-refractivity contribution in [3.63, 3.8) is 0 Å². The van der Waals surface area contributed by atoms with E-state index in [9.17, 15) is 0 Å². The fraction of sp³-hybridized carbons (Fsp3) is 0.900. The molecule has 0 aromatic heterocycles. The zero-order valence-electron chi connectivity index (χ0n) is 7.32. The van der Waals surface area contributed by atoms with Crippen molar-refractivity contribution in [3.8, 4) is 0 Å². The van der Waals surface area contributed by atoms with E-state index in [0.717, 1.165) is 5.92 Å². The molecule has 0 aromatic carbocycles. The lowest BCUT2D eigenvalue weighted by Crippen LogP contribution is -2.10. The summed E-state index contributed by atoms with van der Waals surface area (Å²) in [6.45, 7) is 4.67. The molecule has 1 saturated carbocycles. The van der Waals surface area contributed by atoms with E-state index in [1.54, 1.807) is 0 Å². The SMILES string of the molecule is CCC[C]1CCCC(C)C1. The molecule has 59 valence electrons. The smallest absolute Gasteiger partial charge is 0.0238 e. The Bertz CT molecular complexity index is 84.0. The minimum Gasteiger partial charge on any atom is -0.0654 e. The zero-order valence-corrected chi connectivity index (χ0v) is 7.32. The third kappa shape index (κ3) is 2.32. The molecule has 0 saturated heterocycles. The van der Waals surface area contributed by atoms with Crippen LogP contribution in [-0.4, -0.2) is 0 Å². The van der Waals surface area contributed by atoms with Crippen molar-refractivity contribution in [2.24, 2.45) is 5.92 Å². The van der Waals surface area contributed by atoms with Crippen LogP contribution in [0.15, 0.2) is 0 Å². The molecule has 0 N–H and O–H groups in total. The van der Waals surface area contributed by atoms with Gasteiger partial charge in [-0.1, -0.05) is 33.1 Å². The van der Waals surface area contributed by atoms with Crippen LogP contribution in [0.4, 0.5) is 0 Å². The topological polar surface area (TPSA) is 0 Å². The van der Waals surface area contributed by atoms with Crippen LogP contribution in [0.5, 0.6) is 0 Å². The van der Waals surface area contributed by atoms with Crippen LogP contribution in [0, 0.1) is 11.8 Å². The van der Waals surface area contributed by atoms with Gasteiger partial charge in [-0.25, -0.2) is 0 Å². The molecule has 0 aliphatic heterocycles. The van der Waals surface area contributed by atoms with Gasteiger partial charge in [0.15, 0.2) is 0 Å². The molecule has 1 fully saturated rings. The van der Waals surface area contributed by atoms with E-state index in [2.05, 4.69) is 13.8 Å². The van der Waals surface area contributed by atoms with Gasteiger partial charge in [0, 0.05) is 0 Å². The van der Waals surface area contributed by atoms with Crippen LogP contribution in [0.25, 0.3) is 0 Å². The fourth-order valence-electron chi connectivity index (χ4n) is 1.98. The van der Waals surface area contributed by atoms with Gasteiger partial charge in [0.25, 0.3) is 0 Å². The van der Waals surface area contributed by atoms with Crippen LogP contribution in [0.3, 0.4) is 0 Å². The highest BCUT2D eigenvalue weighted by atomic mass is 14.2. The van der Waals surface area contributed by atoms with Crippen molar-refractivity contribution in [1.82, 2.24) is 0 Å². The second kappa shape index (κ2) is 4.00. The maximum Gasteiger partial charge on any atom is -0.0238 e. The molecular formula is C10H19. The minimum atomic E-state index is 0.982. The molecule has 0 aromatic rings. The van der Waals surface area contributed by atoms with Gasteiger partial charge >= 0.3 is 0 Å². The largest absolute Gasteiger partial charge is 0.0654 e. The highest BCUT2D eigenvalue weighted by molar-refractivity contribution is 4.93. The van der Waals surface area contributed by atoms with Crippen LogP contribution in [0.1, 0.15) is 52.4 Å². The molecule has 0 spiro atoms. The van der Waals surface area contributed by atoms with Crippen molar-refractivity contribution in [2.75, 3.05) is 0 Å². The summed E-state index contributed by atoms with van der Waals surface area (Å²) in [7, 11) is 0. The first-order chi connectivity index (χ1) is 4.83. The molecule has 0 amide bonds. The maximum atomic E-state index is 2.38. The first-order valence-corrected chi connectivity index (χ1v) is 4.66. The minimum absolute atomic E-state index is 0.982. The summed E-state index contributed by atoms with van der Waals surface area (Å²) < 4.78 is 0. The third-order valence-electron chi connectivity index (χ3n) is 2.47. The quantitative estimate of drug-likeness (QED) is 0.548. The molecule has 1 aliphatic carbocycles. The van der Waals surface area contributed by atoms with E-state index in [0.29, 0.717) is 0 Å². The van der Waals surface area contributed by atoms with Crippen LogP contribution in [-0.2, 0) is 0 Å². The maximum absolute atomic E-state index is 2.38. The zero-order chi connectivity index (χ0) is 7.40. The summed E-state index contributed by atoms with van der Waals surface area (Å²) in [6.07, 6.45) is 8.52. The highest BCUT2D eigenvalue weighted by Crippen LogP contribution is 2.32. The lowest BCUT2D eigenvalue weighted by molar-refractivity contribution is 0.394. The van der Waals surface area contributed by atoms with Gasteiger partial charge in [-0.2, -0.15) is 0 Å². The third-order valence-corrected chi connectivity index (χ3v) is 2.47.